The number of hydrogen-bond acceptors (Lipinski definition) is 2. The summed E-state index contributed by atoms with van der Waals surface area (Å²) in [6.07, 6.45) is 0. The minimum absolute atomic E-state index is 0.809. The fraction of sp³-hybridized carbons (Fsp3) is 1.00. The van der Waals surface area contributed by atoms with Crippen LogP contribution in [0.5, 0.6) is 0 Å². The van der Waals surface area contributed by atoms with Crippen molar-refractivity contribution in [3.05, 3.63) is 0 Å². The molecule has 2 nitrogen and oxygen atoms in total. The molecule has 0 amide bonds. The zero-order valence-corrected chi connectivity index (χ0v) is 3.91. The molecule has 5 heavy (non-hydrogen) atoms. The molecule has 0 aliphatic carbocycles. The first-order valence-electron chi connectivity index (χ1n) is 1.71. The first-order valence-corrected chi connectivity index (χ1v) is 2.71. The van der Waals surface area contributed by atoms with E-state index in [9.17, 15) is 0 Å². The maximum absolute atomic E-state index is 3.14. The molecule has 1 aliphatic rings. The van der Waals surface area contributed by atoms with Crippen LogP contribution in [0.3, 0.4) is 0 Å². The summed E-state index contributed by atoms with van der Waals surface area (Å²) in [5, 5.41) is 0. The van der Waals surface area contributed by atoms with Gasteiger partial charge in [0.05, 0.1) is 0 Å². The lowest BCUT2D eigenvalue weighted by Crippen LogP contribution is -2.17. The van der Waals surface area contributed by atoms with E-state index in [1.54, 1.807) is 0 Å². The Balaban J connectivity index is 2.08. The van der Waals surface area contributed by atoms with Gasteiger partial charge in [0.25, 0.3) is 0 Å². The van der Waals surface area contributed by atoms with Gasteiger partial charge in [-0.15, -0.1) is 0 Å². The van der Waals surface area contributed by atoms with E-state index in [4.69, 9.17) is 0 Å². The molecule has 0 spiro atoms. The highest BCUT2D eigenvalue weighted by molar-refractivity contribution is 6.29. The molecule has 0 atom stereocenters. The quantitative estimate of drug-likeness (QED) is 0.359. The summed E-state index contributed by atoms with van der Waals surface area (Å²) in [4.78, 5) is 6.28. The lowest BCUT2D eigenvalue weighted by molar-refractivity contribution is 0.942. The first kappa shape index (κ1) is 3.33. The zero-order chi connectivity index (χ0) is 3.54. The topological polar surface area (TPSA) is 24.1 Å². The summed E-state index contributed by atoms with van der Waals surface area (Å²) in [7, 11) is 0.809. The van der Waals surface area contributed by atoms with Crippen LogP contribution in [0.25, 0.3) is 0 Å². The average Bonchev–Trinajstić information content (AvgIpc) is 1.76. The molecule has 3 heteroatoms. The van der Waals surface area contributed by atoms with Crippen molar-refractivity contribution < 1.29 is 0 Å². The second-order valence-corrected chi connectivity index (χ2v) is 1.94. The minimum Gasteiger partial charge on any atom is -0.325 e. The van der Waals surface area contributed by atoms with Gasteiger partial charge in [-0.1, -0.05) is 0 Å². The predicted octanol–water partition coefficient (Wildman–Crippen LogP) is -1.29. The summed E-state index contributed by atoms with van der Waals surface area (Å²) in [5.41, 5.74) is 0. The fourth-order valence-electron chi connectivity index (χ4n) is 0.312. The van der Waals surface area contributed by atoms with Crippen molar-refractivity contribution in [1.29, 1.82) is 0 Å². The van der Waals surface area contributed by atoms with Gasteiger partial charge in [0.1, 0.15) is 0 Å². The van der Waals surface area contributed by atoms with Crippen molar-refractivity contribution in [1.82, 2.24) is 9.96 Å². The van der Waals surface area contributed by atoms with Gasteiger partial charge in [-0.25, -0.2) is 0 Å². The Kier molecular flexibility index (Phi) is 1.03. The third-order valence-corrected chi connectivity index (χ3v) is 1.41. The summed E-state index contributed by atoms with van der Waals surface area (Å²) in [5.74, 6) is 0. The Hall–Kier alpha value is 0.137. The maximum atomic E-state index is 3.14. The van der Waals surface area contributed by atoms with Crippen LogP contribution in [0.2, 0.25) is 0 Å². The van der Waals surface area contributed by atoms with Crippen molar-refractivity contribution in [3.8, 4) is 0 Å². The van der Waals surface area contributed by atoms with Crippen molar-refractivity contribution in [2.24, 2.45) is 0 Å². The molecule has 2 N–H and O–H groups in total. The van der Waals surface area contributed by atoms with Crippen LogP contribution >= 0.6 is 0 Å². The van der Waals surface area contributed by atoms with E-state index in [2.05, 4.69) is 9.96 Å². The van der Waals surface area contributed by atoms with Crippen molar-refractivity contribution in [2.45, 2.75) is 0 Å². The van der Waals surface area contributed by atoms with Gasteiger partial charge in [0.2, 0.25) is 9.84 Å². The second kappa shape index (κ2) is 1.54. The Labute approximate surface area is 33.9 Å². The van der Waals surface area contributed by atoms with Crippen molar-refractivity contribution in [2.75, 3.05) is 13.1 Å². The molecule has 1 saturated heterocycles. The molecule has 0 aromatic heterocycles. The molecule has 1 heterocycles. The molecule has 0 aromatic rings. The summed E-state index contributed by atoms with van der Waals surface area (Å²) < 4.78 is 0. The van der Waals surface area contributed by atoms with Crippen molar-refractivity contribution in [3.63, 3.8) is 0 Å². The molecule has 1 fully saturated rings. The van der Waals surface area contributed by atoms with Crippen LogP contribution in [-0.4, -0.2) is 22.9 Å². The van der Waals surface area contributed by atoms with Gasteiger partial charge >= 0.3 is 0 Å². The van der Waals surface area contributed by atoms with Gasteiger partial charge in [-0.05, 0) is 0 Å². The van der Waals surface area contributed by atoms with Gasteiger partial charge in [0.15, 0.2) is 0 Å². The van der Waals surface area contributed by atoms with Crippen LogP contribution in [-0.2, 0) is 0 Å². The van der Waals surface area contributed by atoms with E-state index in [0.29, 0.717) is 0 Å². The molecular formula is C2H6N2Si. The monoisotopic (exact) mass is 86.0 g/mol. The Bertz CT molecular complexity index is 19.2. The van der Waals surface area contributed by atoms with Gasteiger partial charge in [-0.3, -0.25) is 0 Å². The molecule has 2 radical (unpaired) electrons. The third-order valence-electron chi connectivity index (χ3n) is 0.552. The molecule has 0 aromatic carbocycles. The third kappa shape index (κ3) is 0.716. The lowest BCUT2D eigenvalue weighted by Gasteiger charge is -1.72. The lowest BCUT2D eigenvalue weighted by atomic mass is 10.7. The highest BCUT2D eigenvalue weighted by Gasteiger charge is 1.94. The van der Waals surface area contributed by atoms with Crippen LogP contribution in [0.4, 0.5) is 0 Å². The van der Waals surface area contributed by atoms with Crippen LogP contribution in [0, 0.1) is 0 Å². The second-order valence-electron chi connectivity index (χ2n) is 0.979. The molecule has 0 bridgehead atoms. The van der Waals surface area contributed by atoms with Gasteiger partial charge in [0, 0.05) is 13.1 Å². The molecule has 0 unspecified atom stereocenters. The van der Waals surface area contributed by atoms with Crippen LogP contribution < -0.4 is 9.96 Å². The van der Waals surface area contributed by atoms with Gasteiger partial charge in [-0.2, -0.15) is 0 Å². The smallest absolute Gasteiger partial charge is 0.245 e. The summed E-state index contributed by atoms with van der Waals surface area (Å²) in [6, 6.07) is 0. The Morgan fingerprint density at radius 1 is 1.20 bits per heavy atom. The minimum atomic E-state index is 0.809. The highest BCUT2D eigenvalue weighted by atomic mass is 28.2. The van der Waals surface area contributed by atoms with Crippen LogP contribution in [0.15, 0.2) is 0 Å². The SMILES string of the molecule is C1CN[Si]N1. The van der Waals surface area contributed by atoms with E-state index in [0.717, 1.165) is 22.9 Å². The molecule has 0 saturated carbocycles. The van der Waals surface area contributed by atoms with Crippen molar-refractivity contribution >= 4 is 9.84 Å². The van der Waals surface area contributed by atoms with Crippen LogP contribution in [0.1, 0.15) is 0 Å². The largest absolute Gasteiger partial charge is 0.325 e. The average molecular weight is 86.2 g/mol. The predicted molar refractivity (Wildman–Crippen MR) is 21.8 cm³/mol. The zero-order valence-electron chi connectivity index (χ0n) is 2.91. The highest BCUT2D eigenvalue weighted by Crippen LogP contribution is 1.58. The molecular weight excluding hydrogens is 80.1 g/mol. The van der Waals surface area contributed by atoms with E-state index in [1.807, 2.05) is 0 Å². The van der Waals surface area contributed by atoms with Gasteiger partial charge < -0.3 is 9.96 Å². The number of hydrogen-bond donors (Lipinski definition) is 2. The molecule has 28 valence electrons. The summed E-state index contributed by atoms with van der Waals surface area (Å²) in [6.45, 7) is 2.30. The van der Waals surface area contributed by atoms with E-state index in [-0.39, 0.29) is 0 Å². The fourth-order valence-corrected chi connectivity index (χ4v) is 0.937. The molecule has 1 aliphatic heterocycles. The Morgan fingerprint density at radius 2 is 1.80 bits per heavy atom. The van der Waals surface area contributed by atoms with E-state index >= 15 is 0 Å². The molecule has 1 rings (SSSR count). The normalized spacial score (nSPS) is 24.0. The van der Waals surface area contributed by atoms with E-state index < -0.39 is 0 Å². The number of rotatable bonds is 0. The van der Waals surface area contributed by atoms with E-state index in [1.165, 1.54) is 0 Å². The Morgan fingerprint density at radius 3 is 2.00 bits per heavy atom. The first-order chi connectivity index (χ1) is 2.50. The standard InChI is InChI=1S/C2H6N2Si/c1-2-4-5-3-1/h3-4H,1-2H2. The maximum Gasteiger partial charge on any atom is 0.245 e. The number of nitrogens with one attached hydrogen (secondary N) is 2. The summed E-state index contributed by atoms with van der Waals surface area (Å²) >= 11 is 0.